The van der Waals surface area contributed by atoms with Crippen LogP contribution in [0.4, 0.5) is 0 Å². The zero-order chi connectivity index (χ0) is 76.9. The van der Waals surface area contributed by atoms with E-state index in [2.05, 4.69) is 273 Å². The van der Waals surface area contributed by atoms with Crippen molar-refractivity contribution in [3.05, 3.63) is 0 Å². The topological polar surface area (TPSA) is 133 Å². The molecule has 4 saturated heterocycles. The van der Waals surface area contributed by atoms with Gasteiger partial charge in [-0.25, -0.2) is 0 Å². The van der Waals surface area contributed by atoms with Crippen LogP contribution in [0.1, 0.15) is 383 Å². The number of nitrogens with two attached hydrogens (primary N) is 1. The fourth-order valence-corrected chi connectivity index (χ4v) is 11.3. The van der Waals surface area contributed by atoms with Crippen LogP contribution in [0.5, 0.6) is 0 Å². The third kappa shape index (κ3) is 123. The molecular weight excluding hydrogens is 1350 g/mol. The Morgan fingerprint density at radius 3 is 0.964 bits per heavy atom. The van der Waals surface area contributed by atoms with Gasteiger partial charge in [0.15, 0.2) is 0 Å². The van der Waals surface area contributed by atoms with Crippen molar-refractivity contribution in [3.63, 3.8) is 0 Å². The van der Waals surface area contributed by atoms with E-state index in [1.54, 1.807) is 0 Å². The van der Waals surface area contributed by atoms with E-state index in [1.165, 1.54) is 220 Å². The average molecular weight is 1590 g/mol. The van der Waals surface area contributed by atoms with Gasteiger partial charge in [-0.15, -0.1) is 0 Å². The average Bonchev–Trinajstić information content (AvgIpc) is 1.27. The Balaban J connectivity index is -0.0000000571. The molecule has 110 heavy (non-hydrogen) atoms. The van der Waals surface area contributed by atoms with Gasteiger partial charge in [-0.05, 0) is 246 Å². The Bertz CT molecular complexity index is 1390. The van der Waals surface area contributed by atoms with Gasteiger partial charge in [0, 0.05) is 125 Å². The third-order valence-corrected chi connectivity index (χ3v) is 18.7. The number of unbranched alkanes of at least 4 members (excludes halogenated alkanes) is 1. The lowest BCUT2D eigenvalue weighted by molar-refractivity contribution is 0.126. The second kappa shape index (κ2) is 108. The lowest BCUT2D eigenvalue weighted by atomic mass is 9.84. The van der Waals surface area contributed by atoms with Crippen LogP contribution in [0.25, 0.3) is 0 Å². The van der Waals surface area contributed by atoms with Gasteiger partial charge in [-0.2, -0.15) is 0 Å². The van der Waals surface area contributed by atoms with Gasteiger partial charge in [0.25, 0.3) is 0 Å². The van der Waals surface area contributed by atoms with Crippen LogP contribution in [0.3, 0.4) is 0 Å². The molecule has 4 heterocycles. The predicted octanol–water partition coefficient (Wildman–Crippen LogP) is 22.7. The predicted molar refractivity (Wildman–Crippen MR) is 528 cm³/mol. The number of hydrogen-bond donors (Lipinski definition) is 8. The van der Waals surface area contributed by atoms with E-state index in [4.69, 9.17) is 5.73 Å². The van der Waals surface area contributed by atoms with Gasteiger partial charge in [0.05, 0.1) is 0 Å². The molecule has 9 N–H and O–H groups in total. The molecule has 6 rings (SSSR count). The van der Waals surface area contributed by atoms with Crippen LogP contribution >= 0.6 is 0 Å². The summed E-state index contributed by atoms with van der Waals surface area (Å²) in [6.45, 7) is 77.0. The van der Waals surface area contributed by atoms with E-state index in [1.807, 2.05) is 21.1 Å². The Labute approximate surface area is 708 Å². The zero-order valence-electron chi connectivity index (χ0n) is 74.2. The van der Waals surface area contributed by atoms with Crippen molar-refractivity contribution in [3.8, 4) is 0 Å². The first-order chi connectivity index (χ1) is 46.6. The van der Waals surface area contributed by atoms with Gasteiger partial charge in [-0.3, -0.25) is 4.90 Å². The monoisotopic (exact) mass is 1590 g/mol. The largest absolute Gasteiger partial charge is 0.330 e. The van der Waals surface area contributed by atoms with Crippen molar-refractivity contribution in [2.45, 2.75) is 450 Å². The Hall–Kier alpha value is -0.600. The summed E-state index contributed by atoms with van der Waals surface area (Å²) in [4.78, 5) is 17.3. The summed E-state index contributed by atoms with van der Waals surface area (Å²) in [7, 11) is 14.5. The number of rotatable bonds is 25. The van der Waals surface area contributed by atoms with Gasteiger partial charge >= 0.3 is 0 Å². The highest BCUT2D eigenvalue weighted by Gasteiger charge is 2.20. The van der Waals surface area contributed by atoms with E-state index < -0.39 is 0 Å². The summed E-state index contributed by atoms with van der Waals surface area (Å²) in [6.07, 6.45) is 28.2. The molecule has 0 radical (unpaired) electrons. The Morgan fingerprint density at radius 2 is 0.691 bits per heavy atom. The maximum absolute atomic E-state index is 5.27. The maximum atomic E-state index is 5.27. The second-order valence-electron chi connectivity index (χ2n) is 33.4. The summed E-state index contributed by atoms with van der Waals surface area (Å²) >= 11 is 0. The fraction of sp³-hybridized carbons (Fsp3) is 1.00. The van der Waals surface area contributed by atoms with Crippen molar-refractivity contribution in [2.75, 3.05) is 167 Å². The normalized spacial score (nSPS) is 15.7. The van der Waals surface area contributed by atoms with Crippen LogP contribution < -0.4 is 43.0 Å². The molecular formula is C95H239N15. The molecule has 0 amide bonds. The molecule has 0 spiro atoms. The minimum atomic E-state index is 0. The molecule has 2 saturated carbocycles. The van der Waals surface area contributed by atoms with Gasteiger partial charge in [0.1, 0.15) is 0 Å². The summed E-state index contributed by atoms with van der Waals surface area (Å²) in [5.74, 6) is 2.81. The lowest BCUT2D eigenvalue weighted by Gasteiger charge is -2.34. The molecule has 694 valence electrons. The second-order valence-corrected chi connectivity index (χ2v) is 33.4. The van der Waals surface area contributed by atoms with E-state index in [0.717, 1.165) is 74.0 Å². The number of piperidine rings is 1. The first kappa shape index (κ1) is 151. The van der Waals surface area contributed by atoms with E-state index >= 15 is 0 Å². The minimum Gasteiger partial charge on any atom is -0.330 e. The number of hydrogen-bond acceptors (Lipinski definition) is 15. The Kier molecular flexibility index (Phi) is 148. The van der Waals surface area contributed by atoms with Crippen molar-refractivity contribution in [2.24, 2.45) is 23.5 Å². The first-order valence-electron chi connectivity index (χ1n) is 42.2. The zero-order valence-corrected chi connectivity index (χ0v) is 74.2. The summed E-state index contributed by atoms with van der Waals surface area (Å²) in [5.41, 5.74) is 5.27. The molecule has 0 bridgehead atoms. The lowest BCUT2D eigenvalue weighted by Crippen LogP contribution is -2.47. The molecule has 0 aromatic heterocycles. The van der Waals surface area contributed by atoms with E-state index in [-0.39, 0.29) is 81.7 Å². The fourth-order valence-electron chi connectivity index (χ4n) is 11.3. The third-order valence-electron chi connectivity index (χ3n) is 18.7. The van der Waals surface area contributed by atoms with Crippen LogP contribution in [0, 0.1) is 17.8 Å². The van der Waals surface area contributed by atoms with Crippen molar-refractivity contribution < 1.29 is 0 Å². The molecule has 0 aromatic rings. The number of likely N-dealkylation sites (N-methyl/N-ethyl adjacent to an activating group) is 1. The molecule has 0 atom stereocenters. The molecule has 6 fully saturated rings. The highest BCUT2D eigenvalue weighted by molar-refractivity contribution is 4.76. The van der Waals surface area contributed by atoms with E-state index in [0.29, 0.717) is 36.3 Å². The Morgan fingerprint density at radius 1 is 0.382 bits per heavy atom. The number of nitrogens with one attached hydrogen (secondary N) is 7. The highest BCUT2D eigenvalue weighted by atomic mass is 15.3. The molecule has 6 aliphatic rings. The standard InChI is InChI=1S/C10H21N.C10H20.2C8H18N2.C8H20N2.C8H17N.C7H15N.C7H17N.C6H16N2.3C4H11N.11CH4/c1-9(2)11(3)10-7-5-4-6-8-10;1-9(2)8-10-6-4-3-5-7-10;1-8(2)10-6-4-9(3)5-7-10;1-8(2)7-10-5-3-9-4-6-10;1-8(2)9-6-5-7-10(3)4;1-8(2)9-6-4-3-5-7-9;1-7(2)8-5-3-4-6-8;1-4-5-6-8-7(2)3;1-6(2)8-5-3-4-7;3*1-4(2)5-3;;;;;;;;;;;/h9-10H,4-8H2,1-3H3;9-10H,3-8H2,1-2H3;8H,4-7H2,1-3H3;8-9H,3-7H2,1-2H3;8-9H,5-7H2,1-4H3;8H,3-7H2,1-2H3;7H,3-6H2,1-2H3;7-8H,4-6H2,1-3H3;6,8H,3-5,7H2,1-2H3;3*4-5H,1-3H3;11*1H4. The maximum Gasteiger partial charge on any atom is 0.0112 e. The smallest absolute Gasteiger partial charge is 0.0112 e. The van der Waals surface area contributed by atoms with Crippen molar-refractivity contribution >= 4 is 0 Å². The van der Waals surface area contributed by atoms with Crippen molar-refractivity contribution in [1.29, 1.82) is 0 Å². The highest BCUT2D eigenvalue weighted by Crippen LogP contribution is 2.28. The van der Waals surface area contributed by atoms with Gasteiger partial charge in [-0.1, -0.05) is 264 Å². The number of likely N-dealkylation sites (tertiary alicyclic amines) is 2. The van der Waals surface area contributed by atoms with Crippen LogP contribution in [0.2, 0.25) is 0 Å². The van der Waals surface area contributed by atoms with E-state index in [9.17, 15) is 0 Å². The van der Waals surface area contributed by atoms with Crippen molar-refractivity contribution in [1.82, 2.24) is 71.5 Å². The molecule has 0 unspecified atom stereocenters. The summed E-state index contributed by atoms with van der Waals surface area (Å²) in [6, 6.07) is 7.66. The van der Waals surface area contributed by atoms with Crippen LogP contribution in [-0.2, 0) is 0 Å². The molecule has 2 aliphatic carbocycles. The molecule has 15 heteroatoms. The molecule has 4 aliphatic heterocycles. The van der Waals surface area contributed by atoms with Gasteiger partial charge in [0.2, 0.25) is 0 Å². The quantitative estimate of drug-likeness (QED) is 0.0412. The first-order valence-corrected chi connectivity index (χ1v) is 42.2. The molecule has 15 nitrogen and oxygen atoms in total. The molecule has 0 aromatic carbocycles. The van der Waals surface area contributed by atoms with Gasteiger partial charge < -0.3 is 72.4 Å². The minimum absolute atomic E-state index is 0. The summed E-state index contributed by atoms with van der Waals surface area (Å²) in [5, 5.41) is 22.4. The summed E-state index contributed by atoms with van der Waals surface area (Å²) < 4.78 is 0. The number of piperazine rings is 2. The van der Waals surface area contributed by atoms with Crippen LogP contribution in [-0.4, -0.2) is 268 Å². The van der Waals surface area contributed by atoms with Crippen LogP contribution in [0.15, 0.2) is 0 Å². The SMILES string of the molecule is C.C.C.C.C.C.C.C.C.C.C.CC(C)CC1CCCCC1.CC(C)CN1CCNCC1.CC(C)N(C)C1CCCCC1.CC(C)N1CCCC1.CC(C)N1CCCCC1.CC(C)N1CCN(C)CC1.CC(C)NCCCN.CC(C)NCCCN(C)C.CCCCNC(C)C.CNC(C)C.CNC(C)C.CNC(C)C. The number of nitrogens with zero attached hydrogens (tertiary/aromatic N) is 7.